The molecular formula is C11H15FN2O. The molecule has 0 amide bonds. The molecule has 1 aliphatic rings. The smallest absolute Gasteiger partial charge is 0.125 e. The number of benzene rings is 1. The highest BCUT2D eigenvalue weighted by Crippen LogP contribution is 2.24. The lowest BCUT2D eigenvalue weighted by molar-refractivity contribution is 0.108. The molecule has 0 bridgehead atoms. The first kappa shape index (κ1) is 10.4. The van der Waals surface area contributed by atoms with E-state index in [9.17, 15) is 4.39 Å². The highest BCUT2D eigenvalue weighted by Gasteiger charge is 2.22. The van der Waals surface area contributed by atoms with Crippen molar-refractivity contribution in [1.82, 2.24) is 0 Å². The molecule has 1 saturated heterocycles. The molecule has 1 aromatic rings. The maximum atomic E-state index is 13.0. The monoisotopic (exact) mass is 210 g/mol. The highest BCUT2D eigenvalue weighted by molar-refractivity contribution is 5.47. The van der Waals surface area contributed by atoms with E-state index >= 15 is 0 Å². The summed E-state index contributed by atoms with van der Waals surface area (Å²) in [4.78, 5) is 6.79. The van der Waals surface area contributed by atoms with Crippen molar-refractivity contribution in [2.45, 2.75) is 6.42 Å². The molecule has 1 heterocycles. The van der Waals surface area contributed by atoms with Crippen LogP contribution in [-0.4, -0.2) is 19.7 Å². The summed E-state index contributed by atoms with van der Waals surface area (Å²) in [5, 5.41) is 0. The summed E-state index contributed by atoms with van der Waals surface area (Å²) in [5.41, 5.74) is 0.939. The summed E-state index contributed by atoms with van der Waals surface area (Å²) >= 11 is 0. The molecule has 1 unspecified atom stereocenters. The van der Waals surface area contributed by atoms with Gasteiger partial charge in [0.25, 0.3) is 0 Å². The Bertz CT molecular complexity index is 332. The zero-order valence-electron chi connectivity index (χ0n) is 8.53. The maximum Gasteiger partial charge on any atom is 0.125 e. The van der Waals surface area contributed by atoms with Crippen LogP contribution in [0.25, 0.3) is 0 Å². The van der Waals surface area contributed by atoms with Crippen molar-refractivity contribution in [1.29, 1.82) is 0 Å². The molecule has 0 spiro atoms. The first-order chi connectivity index (χ1) is 7.29. The molecule has 1 fully saturated rings. The van der Waals surface area contributed by atoms with E-state index in [0.29, 0.717) is 12.5 Å². The van der Waals surface area contributed by atoms with E-state index < -0.39 is 0 Å². The average molecular weight is 210 g/mol. The van der Waals surface area contributed by atoms with Gasteiger partial charge in [-0.1, -0.05) is 6.07 Å². The van der Waals surface area contributed by atoms with Crippen molar-refractivity contribution in [3.8, 4) is 0 Å². The van der Waals surface area contributed by atoms with Gasteiger partial charge in [0.15, 0.2) is 0 Å². The van der Waals surface area contributed by atoms with E-state index in [1.807, 2.05) is 6.07 Å². The third kappa shape index (κ3) is 2.46. The molecule has 0 radical (unpaired) electrons. The highest BCUT2D eigenvalue weighted by atomic mass is 19.1. The molecule has 0 aliphatic carbocycles. The van der Waals surface area contributed by atoms with Crippen LogP contribution in [0.2, 0.25) is 0 Å². The number of rotatable bonds is 3. The van der Waals surface area contributed by atoms with Gasteiger partial charge in [-0.05, 0) is 24.6 Å². The maximum absolute atomic E-state index is 13.0. The van der Waals surface area contributed by atoms with Crippen molar-refractivity contribution in [3.05, 3.63) is 30.1 Å². The zero-order valence-corrected chi connectivity index (χ0v) is 8.53. The van der Waals surface area contributed by atoms with Gasteiger partial charge in [-0.2, -0.15) is 0 Å². The summed E-state index contributed by atoms with van der Waals surface area (Å²) in [7, 11) is 0. The Morgan fingerprint density at radius 3 is 3.13 bits per heavy atom. The van der Waals surface area contributed by atoms with Gasteiger partial charge in [0.1, 0.15) is 5.82 Å². The van der Waals surface area contributed by atoms with Gasteiger partial charge < -0.3 is 9.74 Å². The predicted molar refractivity (Wildman–Crippen MR) is 56.9 cm³/mol. The number of hydrogen-bond acceptors (Lipinski definition) is 3. The van der Waals surface area contributed by atoms with E-state index in [1.165, 1.54) is 6.07 Å². The van der Waals surface area contributed by atoms with Crippen LogP contribution in [0.15, 0.2) is 24.3 Å². The third-order valence-corrected chi connectivity index (χ3v) is 2.79. The fourth-order valence-electron chi connectivity index (χ4n) is 2.01. The summed E-state index contributed by atoms with van der Waals surface area (Å²) in [5.74, 6) is 5.31. The summed E-state index contributed by atoms with van der Waals surface area (Å²) < 4.78 is 13.0. The lowest BCUT2D eigenvalue weighted by atomic mass is 10.1. The topological polar surface area (TPSA) is 38.5 Å². The molecule has 0 saturated carbocycles. The minimum absolute atomic E-state index is 0.189. The summed E-state index contributed by atoms with van der Waals surface area (Å²) in [6, 6.07) is 6.68. The van der Waals surface area contributed by atoms with Gasteiger partial charge in [0.05, 0.1) is 6.61 Å². The van der Waals surface area contributed by atoms with Crippen molar-refractivity contribution in [3.63, 3.8) is 0 Å². The Hall–Kier alpha value is -1.13. The summed E-state index contributed by atoms with van der Waals surface area (Å²) in [6.45, 7) is 2.41. The van der Waals surface area contributed by atoms with Crippen molar-refractivity contribution in [2.24, 2.45) is 11.8 Å². The molecule has 3 nitrogen and oxygen atoms in total. The third-order valence-electron chi connectivity index (χ3n) is 2.79. The van der Waals surface area contributed by atoms with Gasteiger partial charge in [-0.15, -0.1) is 0 Å². The Labute approximate surface area is 88.6 Å². The van der Waals surface area contributed by atoms with Crippen LogP contribution in [0.5, 0.6) is 0 Å². The van der Waals surface area contributed by atoms with Gasteiger partial charge in [0, 0.05) is 24.7 Å². The van der Waals surface area contributed by atoms with Crippen LogP contribution in [-0.2, 0) is 4.84 Å². The SMILES string of the molecule is NOCC1CCN(c2cccc(F)c2)C1. The molecule has 15 heavy (non-hydrogen) atoms. The zero-order chi connectivity index (χ0) is 10.7. The lowest BCUT2D eigenvalue weighted by Crippen LogP contribution is -2.21. The van der Waals surface area contributed by atoms with Crippen molar-refractivity contribution in [2.75, 3.05) is 24.6 Å². The van der Waals surface area contributed by atoms with Crippen LogP contribution in [0.1, 0.15) is 6.42 Å². The second kappa shape index (κ2) is 4.59. The van der Waals surface area contributed by atoms with Gasteiger partial charge in [-0.25, -0.2) is 10.3 Å². The van der Waals surface area contributed by atoms with Gasteiger partial charge in [-0.3, -0.25) is 0 Å². The van der Waals surface area contributed by atoms with Crippen LogP contribution in [0.3, 0.4) is 0 Å². The molecule has 2 rings (SSSR count). The van der Waals surface area contributed by atoms with Crippen LogP contribution < -0.4 is 10.8 Å². The molecule has 1 atom stereocenters. The van der Waals surface area contributed by atoms with Crippen LogP contribution >= 0.6 is 0 Å². The molecular weight excluding hydrogens is 195 g/mol. The second-order valence-corrected chi connectivity index (χ2v) is 3.91. The fraction of sp³-hybridized carbons (Fsp3) is 0.455. The van der Waals surface area contributed by atoms with Crippen molar-refractivity contribution < 1.29 is 9.23 Å². The predicted octanol–water partition coefficient (Wildman–Crippen LogP) is 1.54. The van der Waals surface area contributed by atoms with Crippen molar-refractivity contribution >= 4 is 5.69 Å². The van der Waals surface area contributed by atoms with Crippen LogP contribution in [0, 0.1) is 11.7 Å². The Balaban J connectivity index is 2.01. The molecule has 1 aliphatic heterocycles. The number of halogens is 1. The second-order valence-electron chi connectivity index (χ2n) is 3.91. The summed E-state index contributed by atoms with van der Waals surface area (Å²) in [6.07, 6.45) is 1.05. The van der Waals surface area contributed by atoms with Gasteiger partial charge >= 0.3 is 0 Å². The molecule has 2 N–H and O–H groups in total. The fourth-order valence-corrected chi connectivity index (χ4v) is 2.01. The Morgan fingerprint density at radius 2 is 2.40 bits per heavy atom. The number of nitrogens with zero attached hydrogens (tertiary/aromatic N) is 1. The quantitative estimate of drug-likeness (QED) is 0.769. The largest absolute Gasteiger partial charge is 0.371 e. The average Bonchev–Trinajstić information content (AvgIpc) is 2.67. The Kier molecular flexibility index (Phi) is 3.18. The molecule has 0 aromatic heterocycles. The normalized spacial score (nSPS) is 20.9. The number of nitrogens with two attached hydrogens (primary N) is 1. The molecule has 82 valence electrons. The number of hydrogen-bond donors (Lipinski definition) is 1. The molecule has 1 aromatic carbocycles. The first-order valence-corrected chi connectivity index (χ1v) is 5.12. The first-order valence-electron chi connectivity index (χ1n) is 5.12. The Morgan fingerprint density at radius 1 is 1.53 bits per heavy atom. The number of anilines is 1. The van der Waals surface area contributed by atoms with Crippen LogP contribution in [0.4, 0.5) is 10.1 Å². The standard InChI is InChI=1S/C11H15FN2O/c12-10-2-1-3-11(6-10)14-5-4-9(7-14)8-15-13/h1-3,6,9H,4-5,7-8,13H2. The van der Waals surface area contributed by atoms with E-state index in [1.54, 1.807) is 12.1 Å². The minimum atomic E-state index is -0.189. The molecule has 4 heteroatoms. The minimum Gasteiger partial charge on any atom is -0.371 e. The van der Waals surface area contributed by atoms with Gasteiger partial charge in [0.2, 0.25) is 0 Å². The lowest BCUT2D eigenvalue weighted by Gasteiger charge is -2.18. The van der Waals surface area contributed by atoms with E-state index in [4.69, 9.17) is 5.90 Å². The van der Waals surface area contributed by atoms with E-state index in [-0.39, 0.29) is 5.82 Å². The van der Waals surface area contributed by atoms with E-state index in [0.717, 1.165) is 25.2 Å². The van der Waals surface area contributed by atoms with E-state index in [2.05, 4.69) is 9.74 Å².